The van der Waals surface area contributed by atoms with Crippen molar-refractivity contribution in [2.45, 2.75) is 18.9 Å². The molecule has 1 aromatic rings. The zero-order chi connectivity index (χ0) is 13.5. The maximum Gasteiger partial charge on any atom is 0.221 e. The summed E-state index contributed by atoms with van der Waals surface area (Å²) in [6.07, 6.45) is 1.04. The molecule has 20 heavy (non-hydrogen) atoms. The van der Waals surface area contributed by atoms with Crippen LogP contribution < -0.4 is 10.6 Å². The quantitative estimate of drug-likeness (QED) is 0.872. The van der Waals surface area contributed by atoms with Gasteiger partial charge in [0, 0.05) is 37.1 Å². The van der Waals surface area contributed by atoms with Gasteiger partial charge in [0.1, 0.15) is 5.82 Å². The summed E-state index contributed by atoms with van der Waals surface area (Å²) in [6, 6.07) is 6.95. The van der Waals surface area contributed by atoms with Crippen molar-refractivity contribution in [1.29, 1.82) is 0 Å². The Bertz CT molecular complexity index is 427. The Kier molecular flexibility index (Phi) is 7.95. The molecule has 3 nitrogen and oxygen atoms in total. The fourth-order valence-corrected chi connectivity index (χ4v) is 3.03. The molecule has 0 saturated carbocycles. The molecule has 1 fully saturated rings. The van der Waals surface area contributed by atoms with E-state index in [9.17, 15) is 9.18 Å². The number of nitrogens with one attached hydrogen (secondary N) is 2. The van der Waals surface area contributed by atoms with E-state index in [1.165, 1.54) is 6.07 Å². The number of benzene rings is 1. The highest BCUT2D eigenvalue weighted by Gasteiger charge is 2.16. The molecule has 6 heteroatoms. The lowest BCUT2D eigenvalue weighted by Gasteiger charge is -2.22. The Morgan fingerprint density at radius 3 is 2.95 bits per heavy atom. The summed E-state index contributed by atoms with van der Waals surface area (Å²) >= 11 is 1.88. The molecular formula is C14H20ClFN2OS. The lowest BCUT2D eigenvalue weighted by Crippen LogP contribution is -2.41. The first-order chi connectivity index (χ1) is 9.25. The standard InChI is InChI=1S/C14H19FN2OS.ClH/c15-13-4-2-1-3-11(13)5-6-17-14(18)9-12-10-19-8-7-16-12;/h1-4,12,16H,5-10H2,(H,17,18);1H. The van der Waals surface area contributed by atoms with Crippen molar-refractivity contribution < 1.29 is 9.18 Å². The van der Waals surface area contributed by atoms with Crippen LogP contribution in [0, 0.1) is 5.82 Å². The largest absolute Gasteiger partial charge is 0.356 e. The number of halogens is 2. The van der Waals surface area contributed by atoms with Gasteiger partial charge in [-0.2, -0.15) is 11.8 Å². The first kappa shape index (κ1) is 17.3. The van der Waals surface area contributed by atoms with E-state index in [0.717, 1.165) is 18.1 Å². The van der Waals surface area contributed by atoms with Crippen LogP contribution in [0.15, 0.2) is 24.3 Å². The van der Waals surface area contributed by atoms with Crippen molar-refractivity contribution in [1.82, 2.24) is 10.6 Å². The van der Waals surface area contributed by atoms with E-state index in [-0.39, 0.29) is 30.2 Å². The van der Waals surface area contributed by atoms with Crippen LogP contribution in [0.4, 0.5) is 4.39 Å². The minimum atomic E-state index is -0.206. The number of thioether (sulfide) groups is 1. The third kappa shape index (κ3) is 5.69. The number of hydrogen-bond donors (Lipinski definition) is 2. The Morgan fingerprint density at radius 1 is 1.45 bits per heavy atom. The molecule has 1 aliphatic rings. The second-order valence-corrected chi connectivity index (χ2v) is 5.77. The number of hydrogen-bond acceptors (Lipinski definition) is 3. The monoisotopic (exact) mass is 318 g/mol. The Balaban J connectivity index is 0.00000200. The molecule has 1 saturated heterocycles. The van der Waals surface area contributed by atoms with Gasteiger partial charge in [0.2, 0.25) is 5.91 Å². The van der Waals surface area contributed by atoms with Crippen LogP contribution in [0.3, 0.4) is 0 Å². The van der Waals surface area contributed by atoms with Crippen LogP contribution in [-0.2, 0) is 11.2 Å². The average molecular weight is 319 g/mol. The van der Waals surface area contributed by atoms with Crippen molar-refractivity contribution in [2.75, 3.05) is 24.6 Å². The van der Waals surface area contributed by atoms with E-state index < -0.39 is 0 Å². The summed E-state index contributed by atoms with van der Waals surface area (Å²) < 4.78 is 13.4. The highest BCUT2D eigenvalue weighted by molar-refractivity contribution is 7.99. The number of amides is 1. The van der Waals surface area contributed by atoms with Crippen molar-refractivity contribution in [2.24, 2.45) is 0 Å². The predicted octanol–water partition coefficient (Wildman–Crippen LogP) is 2.00. The summed E-state index contributed by atoms with van der Waals surface area (Å²) in [5.41, 5.74) is 0.647. The lowest BCUT2D eigenvalue weighted by molar-refractivity contribution is -0.121. The molecule has 0 spiro atoms. The summed E-state index contributed by atoms with van der Waals surface area (Å²) in [7, 11) is 0. The fraction of sp³-hybridized carbons (Fsp3) is 0.500. The molecule has 0 aromatic heterocycles. The van der Waals surface area contributed by atoms with Gasteiger partial charge >= 0.3 is 0 Å². The predicted molar refractivity (Wildman–Crippen MR) is 84.1 cm³/mol. The van der Waals surface area contributed by atoms with Gasteiger partial charge < -0.3 is 10.6 Å². The normalized spacial score (nSPS) is 18.1. The fourth-order valence-electron chi connectivity index (χ4n) is 2.08. The van der Waals surface area contributed by atoms with E-state index in [0.29, 0.717) is 24.9 Å². The van der Waals surface area contributed by atoms with Gasteiger partial charge in [-0.15, -0.1) is 12.4 Å². The molecule has 1 unspecified atom stereocenters. The van der Waals surface area contributed by atoms with Crippen molar-refractivity contribution in [3.63, 3.8) is 0 Å². The van der Waals surface area contributed by atoms with Crippen LogP contribution in [0.25, 0.3) is 0 Å². The van der Waals surface area contributed by atoms with Gasteiger partial charge in [-0.1, -0.05) is 18.2 Å². The van der Waals surface area contributed by atoms with Crippen molar-refractivity contribution >= 4 is 30.1 Å². The zero-order valence-corrected chi connectivity index (χ0v) is 12.9. The SMILES string of the molecule is Cl.O=C(CC1CSCCN1)NCCc1ccccc1F. The molecule has 0 bridgehead atoms. The molecule has 0 aliphatic carbocycles. The van der Waals surface area contributed by atoms with Crippen LogP contribution >= 0.6 is 24.2 Å². The summed E-state index contributed by atoms with van der Waals surface area (Å²) in [5, 5.41) is 6.18. The van der Waals surface area contributed by atoms with Crippen LogP contribution in [0.5, 0.6) is 0 Å². The summed E-state index contributed by atoms with van der Waals surface area (Å²) in [4.78, 5) is 11.7. The van der Waals surface area contributed by atoms with E-state index in [4.69, 9.17) is 0 Å². The Hall–Kier alpha value is -0.780. The van der Waals surface area contributed by atoms with E-state index >= 15 is 0 Å². The summed E-state index contributed by atoms with van der Waals surface area (Å²) in [5.74, 6) is 1.94. The number of carbonyl (C=O) groups is 1. The Labute approximate surface area is 129 Å². The molecule has 1 heterocycles. The average Bonchev–Trinajstić information content (AvgIpc) is 2.42. The second kappa shape index (κ2) is 9.21. The molecule has 1 amide bonds. The van der Waals surface area contributed by atoms with Gasteiger partial charge in [-0.05, 0) is 18.1 Å². The number of carbonyl (C=O) groups excluding carboxylic acids is 1. The molecule has 0 radical (unpaired) electrons. The van der Waals surface area contributed by atoms with Gasteiger partial charge in [-0.3, -0.25) is 4.79 Å². The van der Waals surface area contributed by atoms with E-state index in [2.05, 4.69) is 10.6 Å². The van der Waals surface area contributed by atoms with Crippen molar-refractivity contribution in [3.05, 3.63) is 35.6 Å². The highest BCUT2D eigenvalue weighted by Crippen LogP contribution is 2.10. The molecule has 1 atom stereocenters. The van der Waals surface area contributed by atoms with Crippen LogP contribution in [0.1, 0.15) is 12.0 Å². The Morgan fingerprint density at radius 2 is 2.25 bits per heavy atom. The third-order valence-corrected chi connectivity index (χ3v) is 4.24. The topological polar surface area (TPSA) is 41.1 Å². The molecule has 1 aliphatic heterocycles. The van der Waals surface area contributed by atoms with Crippen LogP contribution in [-0.4, -0.2) is 36.5 Å². The molecule has 112 valence electrons. The highest BCUT2D eigenvalue weighted by atomic mass is 35.5. The first-order valence-electron chi connectivity index (χ1n) is 6.57. The first-order valence-corrected chi connectivity index (χ1v) is 7.72. The van der Waals surface area contributed by atoms with E-state index in [1.54, 1.807) is 12.1 Å². The van der Waals surface area contributed by atoms with Gasteiger partial charge in [-0.25, -0.2) is 4.39 Å². The molecule has 2 rings (SSSR count). The van der Waals surface area contributed by atoms with Crippen molar-refractivity contribution in [3.8, 4) is 0 Å². The smallest absolute Gasteiger partial charge is 0.221 e. The minimum absolute atomic E-state index is 0. The van der Waals surface area contributed by atoms with Crippen LogP contribution in [0.2, 0.25) is 0 Å². The maximum absolute atomic E-state index is 13.4. The molecule has 1 aromatic carbocycles. The molecular weight excluding hydrogens is 299 g/mol. The lowest BCUT2D eigenvalue weighted by atomic mass is 10.1. The van der Waals surface area contributed by atoms with Gasteiger partial charge in [0.05, 0.1) is 0 Å². The molecule has 2 N–H and O–H groups in total. The van der Waals surface area contributed by atoms with E-state index in [1.807, 2.05) is 17.8 Å². The maximum atomic E-state index is 13.4. The summed E-state index contributed by atoms with van der Waals surface area (Å²) in [6.45, 7) is 1.46. The number of rotatable bonds is 5. The second-order valence-electron chi connectivity index (χ2n) is 4.62. The van der Waals surface area contributed by atoms with Gasteiger partial charge in [0.15, 0.2) is 0 Å². The zero-order valence-electron chi connectivity index (χ0n) is 11.2. The van der Waals surface area contributed by atoms with Gasteiger partial charge in [0.25, 0.3) is 0 Å². The third-order valence-electron chi connectivity index (χ3n) is 3.10. The minimum Gasteiger partial charge on any atom is -0.356 e.